The number of sulfonamides is 1. The Labute approximate surface area is 114 Å². The van der Waals surface area contributed by atoms with Gasteiger partial charge in [-0.15, -0.1) is 0 Å². The van der Waals surface area contributed by atoms with E-state index in [-0.39, 0.29) is 5.75 Å². The fourth-order valence-corrected chi connectivity index (χ4v) is 4.05. The standard InChI is InChI=1S/C14H20N2O2S/c17-19(18)10-2-1-9-16(19)14-7-3-12(4-8-14)11-15-13-5-6-13/h3-4,7-8,13,15H,1-2,5-6,9-11H2. The summed E-state index contributed by atoms with van der Waals surface area (Å²) in [5.41, 5.74) is 2.01. The minimum Gasteiger partial charge on any atom is -0.310 e. The molecule has 1 aliphatic carbocycles. The van der Waals surface area contributed by atoms with Crippen LogP contribution in [0.1, 0.15) is 31.2 Å². The Kier molecular flexibility index (Phi) is 3.50. The van der Waals surface area contributed by atoms with Gasteiger partial charge in [0, 0.05) is 19.1 Å². The molecular formula is C14H20N2O2S. The second-order valence-corrected chi connectivity index (χ2v) is 7.43. The van der Waals surface area contributed by atoms with E-state index in [1.165, 1.54) is 18.4 Å². The van der Waals surface area contributed by atoms with Gasteiger partial charge in [0.25, 0.3) is 0 Å². The first-order chi connectivity index (χ1) is 9.15. The summed E-state index contributed by atoms with van der Waals surface area (Å²) in [4.78, 5) is 0. The molecule has 1 heterocycles. The summed E-state index contributed by atoms with van der Waals surface area (Å²) in [5, 5.41) is 3.46. The van der Waals surface area contributed by atoms with Gasteiger partial charge in [0.1, 0.15) is 0 Å². The molecule has 19 heavy (non-hydrogen) atoms. The fraction of sp³-hybridized carbons (Fsp3) is 0.571. The van der Waals surface area contributed by atoms with Gasteiger partial charge in [-0.1, -0.05) is 12.1 Å². The Bertz CT molecular complexity index is 535. The van der Waals surface area contributed by atoms with Crippen molar-refractivity contribution in [3.8, 4) is 0 Å². The molecule has 0 unspecified atom stereocenters. The van der Waals surface area contributed by atoms with Gasteiger partial charge in [0.15, 0.2) is 0 Å². The molecule has 1 aromatic rings. The van der Waals surface area contributed by atoms with Gasteiger partial charge in [-0.05, 0) is 43.4 Å². The molecule has 0 amide bonds. The highest BCUT2D eigenvalue weighted by Crippen LogP contribution is 2.24. The molecule has 2 aliphatic rings. The molecule has 104 valence electrons. The minimum atomic E-state index is -3.09. The molecule has 0 radical (unpaired) electrons. The quantitative estimate of drug-likeness (QED) is 0.916. The van der Waals surface area contributed by atoms with Crippen LogP contribution in [-0.2, 0) is 16.6 Å². The fourth-order valence-electron chi connectivity index (χ4n) is 2.41. The monoisotopic (exact) mass is 280 g/mol. The lowest BCUT2D eigenvalue weighted by Crippen LogP contribution is -2.37. The molecule has 1 aromatic carbocycles. The first kappa shape index (κ1) is 12.9. The predicted molar refractivity (Wildman–Crippen MR) is 76.7 cm³/mol. The molecule has 1 N–H and O–H groups in total. The van der Waals surface area contributed by atoms with E-state index in [2.05, 4.69) is 5.32 Å². The normalized spacial score (nSPS) is 22.4. The molecule has 4 nitrogen and oxygen atoms in total. The van der Waals surface area contributed by atoms with Crippen molar-refractivity contribution in [2.24, 2.45) is 0 Å². The highest BCUT2D eigenvalue weighted by atomic mass is 32.2. The largest absolute Gasteiger partial charge is 0.310 e. The minimum absolute atomic E-state index is 0.276. The van der Waals surface area contributed by atoms with E-state index in [9.17, 15) is 8.42 Å². The van der Waals surface area contributed by atoms with Crippen molar-refractivity contribution in [3.05, 3.63) is 29.8 Å². The molecule has 0 atom stereocenters. The zero-order valence-electron chi connectivity index (χ0n) is 11.0. The van der Waals surface area contributed by atoms with Crippen LogP contribution in [-0.4, -0.2) is 26.8 Å². The molecule has 0 spiro atoms. The lowest BCUT2D eigenvalue weighted by atomic mass is 10.2. The summed E-state index contributed by atoms with van der Waals surface area (Å²) < 4.78 is 25.6. The van der Waals surface area contributed by atoms with Gasteiger partial charge in [0.2, 0.25) is 10.0 Å². The zero-order chi connectivity index (χ0) is 13.3. The SMILES string of the molecule is O=S1(=O)CCCCN1c1ccc(CNC2CC2)cc1. The number of hydrogen-bond acceptors (Lipinski definition) is 3. The predicted octanol–water partition coefficient (Wildman–Crippen LogP) is 1.87. The maximum absolute atomic E-state index is 12.0. The van der Waals surface area contributed by atoms with E-state index < -0.39 is 10.0 Å². The molecular weight excluding hydrogens is 260 g/mol. The Morgan fingerprint density at radius 3 is 2.53 bits per heavy atom. The summed E-state index contributed by atoms with van der Waals surface area (Å²) >= 11 is 0. The second-order valence-electron chi connectivity index (χ2n) is 5.42. The van der Waals surface area contributed by atoms with Crippen LogP contribution in [0, 0.1) is 0 Å². The highest BCUT2D eigenvalue weighted by Gasteiger charge is 2.25. The molecule has 1 saturated heterocycles. The zero-order valence-corrected chi connectivity index (χ0v) is 11.8. The Hall–Kier alpha value is -1.07. The van der Waals surface area contributed by atoms with Crippen molar-refractivity contribution in [2.45, 2.75) is 38.3 Å². The lowest BCUT2D eigenvalue weighted by Gasteiger charge is -2.28. The van der Waals surface area contributed by atoms with Gasteiger partial charge < -0.3 is 5.32 Å². The third-order valence-electron chi connectivity index (χ3n) is 3.75. The van der Waals surface area contributed by atoms with Crippen LogP contribution in [0.15, 0.2) is 24.3 Å². The molecule has 0 bridgehead atoms. The second kappa shape index (κ2) is 5.13. The van der Waals surface area contributed by atoms with E-state index in [1.807, 2.05) is 24.3 Å². The van der Waals surface area contributed by atoms with Crippen LogP contribution in [0.2, 0.25) is 0 Å². The van der Waals surface area contributed by atoms with Crippen LogP contribution < -0.4 is 9.62 Å². The van der Waals surface area contributed by atoms with Crippen LogP contribution in [0.3, 0.4) is 0 Å². The van der Waals surface area contributed by atoms with Gasteiger partial charge in [-0.2, -0.15) is 0 Å². The highest BCUT2D eigenvalue weighted by molar-refractivity contribution is 7.92. The van der Waals surface area contributed by atoms with Crippen molar-refractivity contribution in [2.75, 3.05) is 16.6 Å². The summed E-state index contributed by atoms with van der Waals surface area (Å²) in [6, 6.07) is 8.59. The van der Waals surface area contributed by atoms with Gasteiger partial charge >= 0.3 is 0 Å². The topological polar surface area (TPSA) is 49.4 Å². The van der Waals surface area contributed by atoms with Crippen molar-refractivity contribution in [1.29, 1.82) is 0 Å². The average Bonchev–Trinajstić information content (AvgIpc) is 3.21. The van der Waals surface area contributed by atoms with Crippen LogP contribution in [0.5, 0.6) is 0 Å². The first-order valence-corrected chi connectivity index (χ1v) is 8.59. The number of rotatable bonds is 4. The number of anilines is 1. The van der Waals surface area contributed by atoms with Gasteiger partial charge in [-0.25, -0.2) is 8.42 Å². The van der Waals surface area contributed by atoms with E-state index in [4.69, 9.17) is 0 Å². The smallest absolute Gasteiger partial charge is 0.235 e. The number of nitrogens with one attached hydrogen (secondary N) is 1. The van der Waals surface area contributed by atoms with E-state index in [0.717, 1.165) is 25.1 Å². The van der Waals surface area contributed by atoms with Crippen molar-refractivity contribution >= 4 is 15.7 Å². The van der Waals surface area contributed by atoms with Crippen LogP contribution in [0.25, 0.3) is 0 Å². The van der Waals surface area contributed by atoms with Gasteiger partial charge in [-0.3, -0.25) is 4.31 Å². The third-order valence-corrected chi connectivity index (χ3v) is 5.62. The van der Waals surface area contributed by atoms with Crippen molar-refractivity contribution < 1.29 is 8.42 Å². The molecule has 1 aliphatic heterocycles. The number of benzene rings is 1. The van der Waals surface area contributed by atoms with Crippen molar-refractivity contribution in [3.63, 3.8) is 0 Å². The summed E-state index contributed by atoms with van der Waals surface area (Å²) in [6.45, 7) is 1.49. The van der Waals surface area contributed by atoms with E-state index in [0.29, 0.717) is 12.6 Å². The summed E-state index contributed by atoms with van der Waals surface area (Å²) in [5.74, 6) is 0.276. The number of hydrogen-bond donors (Lipinski definition) is 1. The molecule has 2 fully saturated rings. The molecule has 3 rings (SSSR count). The summed E-state index contributed by atoms with van der Waals surface area (Å²) in [6.07, 6.45) is 4.29. The molecule has 1 saturated carbocycles. The Morgan fingerprint density at radius 2 is 1.89 bits per heavy atom. The maximum atomic E-state index is 12.0. The Balaban J connectivity index is 1.70. The maximum Gasteiger partial charge on any atom is 0.235 e. The van der Waals surface area contributed by atoms with E-state index >= 15 is 0 Å². The van der Waals surface area contributed by atoms with Crippen LogP contribution >= 0.6 is 0 Å². The number of nitrogens with zero attached hydrogens (tertiary/aromatic N) is 1. The summed E-state index contributed by atoms with van der Waals surface area (Å²) in [7, 11) is -3.09. The van der Waals surface area contributed by atoms with Crippen LogP contribution in [0.4, 0.5) is 5.69 Å². The average molecular weight is 280 g/mol. The first-order valence-electron chi connectivity index (χ1n) is 6.98. The van der Waals surface area contributed by atoms with E-state index in [1.54, 1.807) is 4.31 Å². The molecule has 5 heteroatoms. The van der Waals surface area contributed by atoms with Crippen molar-refractivity contribution in [1.82, 2.24) is 5.32 Å². The lowest BCUT2D eigenvalue weighted by molar-refractivity contribution is 0.574. The third kappa shape index (κ3) is 3.09. The van der Waals surface area contributed by atoms with Gasteiger partial charge in [0.05, 0.1) is 11.4 Å². The Morgan fingerprint density at radius 1 is 1.16 bits per heavy atom. The molecule has 0 aromatic heterocycles.